The number of hydrogen-bond donors (Lipinski definition) is 0. The molecule has 0 aromatic heterocycles. The van der Waals surface area contributed by atoms with E-state index in [0.717, 1.165) is 18.7 Å². The molecule has 1 aromatic carbocycles. The first-order valence-electron chi connectivity index (χ1n) is 4.99. The van der Waals surface area contributed by atoms with Gasteiger partial charge >= 0.3 is 0 Å². The summed E-state index contributed by atoms with van der Waals surface area (Å²) in [5.41, 5.74) is 3.29. The van der Waals surface area contributed by atoms with Crippen LogP contribution in [0.25, 0.3) is 0 Å². The van der Waals surface area contributed by atoms with E-state index in [9.17, 15) is 4.79 Å². The van der Waals surface area contributed by atoms with E-state index in [2.05, 4.69) is 11.8 Å². The second kappa shape index (κ2) is 3.54. The van der Waals surface area contributed by atoms with Gasteiger partial charge in [-0.2, -0.15) is 0 Å². The van der Waals surface area contributed by atoms with E-state index in [1.807, 2.05) is 25.1 Å². The van der Waals surface area contributed by atoms with Gasteiger partial charge in [-0.25, -0.2) is 0 Å². The Morgan fingerprint density at radius 1 is 1.29 bits per heavy atom. The number of aryl methyl sites for hydroxylation is 2. The van der Waals surface area contributed by atoms with Crippen molar-refractivity contribution in [2.24, 2.45) is 0 Å². The average Bonchev–Trinajstić information content (AvgIpc) is 2.93. The molecule has 0 unspecified atom stereocenters. The van der Waals surface area contributed by atoms with Crippen LogP contribution in [0.15, 0.2) is 18.2 Å². The third-order valence-electron chi connectivity index (χ3n) is 2.74. The Morgan fingerprint density at radius 3 is 2.57 bits per heavy atom. The number of rotatable bonds is 3. The van der Waals surface area contributed by atoms with E-state index in [1.54, 1.807) is 0 Å². The second-order valence-electron chi connectivity index (χ2n) is 4.00. The monoisotopic (exact) mass is 189 g/mol. The van der Waals surface area contributed by atoms with E-state index < -0.39 is 0 Å². The van der Waals surface area contributed by atoms with Gasteiger partial charge in [0.05, 0.1) is 6.54 Å². The van der Waals surface area contributed by atoms with Gasteiger partial charge in [-0.15, -0.1) is 0 Å². The van der Waals surface area contributed by atoms with E-state index in [4.69, 9.17) is 0 Å². The fourth-order valence-corrected chi connectivity index (χ4v) is 1.44. The van der Waals surface area contributed by atoms with Crippen LogP contribution in [0.1, 0.15) is 21.5 Å². The van der Waals surface area contributed by atoms with Crippen molar-refractivity contribution in [3.8, 4) is 0 Å². The first-order valence-corrected chi connectivity index (χ1v) is 4.99. The predicted octanol–water partition coefficient (Wildman–Crippen LogP) is 1.80. The molecule has 0 amide bonds. The maximum Gasteiger partial charge on any atom is 0.176 e. The largest absolute Gasteiger partial charge is 0.293 e. The molecular formula is C12H15NO. The van der Waals surface area contributed by atoms with E-state index in [-0.39, 0.29) is 5.78 Å². The SMILES string of the molecule is Cc1ccc(C(=O)CN2CC2)cc1C. The third kappa shape index (κ3) is 2.02. The maximum absolute atomic E-state index is 11.7. The molecule has 1 aliphatic heterocycles. The van der Waals surface area contributed by atoms with E-state index >= 15 is 0 Å². The van der Waals surface area contributed by atoms with Crippen LogP contribution in [-0.4, -0.2) is 30.3 Å². The number of hydrogen-bond acceptors (Lipinski definition) is 2. The van der Waals surface area contributed by atoms with Gasteiger partial charge in [-0.1, -0.05) is 12.1 Å². The summed E-state index contributed by atoms with van der Waals surface area (Å²) >= 11 is 0. The van der Waals surface area contributed by atoms with Gasteiger partial charge in [-0.05, 0) is 31.0 Å². The van der Waals surface area contributed by atoms with Gasteiger partial charge in [0.1, 0.15) is 0 Å². The van der Waals surface area contributed by atoms with Crippen LogP contribution in [0, 0.1) is 13.8 Å². The van der Waals surface area contributed by atoms with Crippen molar-refractivity contribution in [1.82, 2.24) is 4.90 Å². The Balaban J connectivity index is 2.14. The molecule has 1 aromatic rings. The number of Topliss-reactive ketones (excluding diaryl/α,β-unsaturated/α-hetero) is 1. The van der Waals surface area contributed by atoms with Crippen molar-refractivity contribution in [2.45, 2.75) is 13.8 Å². The van der Waals surface area contributed by atoms with Crippen LogP contribution < -0.4 is 0 Å². The molecule has 2 nitrogen and oxygen atoms in total. The lowest BCUT2D eigenvalue weighted by molar-refractivity contribution is 0.0974. The van der Waals surface area contributed by atoms with Crippen molar-refractivity contribution < 1.29 is 4.79 Å². The molecule has 1 saturated heterocycles. The summed E-state index contributed by atoms with van der Waals surface area (Å²) in [4.78, 5) is 13.9. The minimum absolute atomic E-state index is 0.241. The molecule has 14 heavy (non-hydrogen) atoms. The number of benzene rings is 1. The molecule has 0 radical (unpaired) electrons. The highest BCUT2D eigenvalue weighted by Crippen LogP contribution is 2.12. The van der Waals surface area contributed by atoms with Gasteiger partial charge in [0, 0.05) is 18.7 Å². The molecule has 74 valence electrons. The van der Waals surface area contributed by atoms with Crippen molar-refractivity contribution in [3.63, 3.8) is 0 Å². The molecule has 1 aliphatic rings. The summed E-state index contributed by atoms with van der Waals surface area (Å²) in [7, 11) is 0. The quantitative estimate of drug-likeness (QED) is 0.533. The van der Waals surface area contributed by atoms with Crippen LogP contribution in [0.4, 0.5) is 0 Å². The first kappa shape index (κ1) is 9.41. The molecule has 0 saturated carbocycles. The Morgan fingerprint density at radius 2 is 2.00 bits per heavy atom. The van der Waals surface area contributed by atoms with Gasteiger partial charge < -0.3 is 0 Å². The van der Waals surface area contributed by atoms with E-state index in [0.29, 0.717) is 6.54 Å². The summed E-state index contributed by atoms with van der Waals surface area (Å²) in [6.07, 6.45) is 0. The Labute approximate surface area is 84.5 Å². The minimum atomic E-state index is 0.241. The predicted molar refractivity (Wildman–Crippen MR) is 56.7 cm³/mol. The molecule has 1 heterocycles. The Bertz CT molecular complexity index is 367. The number of nitrogens with zero attached hydrogens (tertiary/aromatic N) is 1. The van der Waals surface area contributed by atoms with Crippen LogP contribution in [-0.2, 0) is 0 Å². The summed E-state index contributed by atoms with van der Waals surface area (Å²) in [5, 5.41) is 0. The Kier molecular flexibility index (Phi) is 2.38. The molecule has 0 N–H and O–H groups in total. The summed E-state index contributed by atoms with van der Waals surface area (Å²) in [6.45, 7) is 6.85. The van der Waals surface area contributed by atoms with Crippen LogP contribution in [0.3, 0.4) is 0 Å². The normalized spacial score (nSPS) is 15.6. The fourth-order valence-electron chi connectivity index (χ4n) is 1.44. The lowest BCUT2D eigenvalue weighted by Crippen LogP contribution is -2.13. The van der Waals surface area contributed by atoms with Crippen LogP contribution in [0.2, 0.25) is 0 Å². The minimum Gasteiger partial charge on any atom is -0.293 e. The molecule has 2 rings (SSSR count). The smallest absolute Gasteiger partial charge is 0.176 e. The molecular weight excluding hydrogens is 174 g/mol. The van der Waals surface area contributed by atoms with E-state index in [1.165, 1.54) is 11.1 Å². The average molecular weight is 189 g/mol. The van der Waals surface area contributed by atoms with Gasteiger partial charge in [0.15, 0.2) is 5.78 Å². The highest BCUT2D eigenvalue weighted by molar-refractivity contribution is 5.98. The molecule has 0 aliphatic carbocycles. The summed E-state index contributed by atoms with van der Waals surface area (Å²) < 4.78 is 0. The fraction of sp³-hybridized carbons (Fsp3) is 0.417. The maximum atomic E-state index is 11.7. The molecule has 0 bridgehead atoms. The van der Waals surface area contributed by atoms with Crippen LogP contribution in [0.5, 0.6) is 0 Å². The molecule has 0 spiro atoms. The molecule has 1 fully saturated rings. The topological polar surface area (TPSA) is 20.1 Å². The zero-order valence-electron chi connectivity index (χ0n) is 8.71. The van der Waals surface area contributed by atoms with Crippen molar-refractivity contribution in [1.29, 1.82) is 0 Å². The second-order valence-corrected chi connectivity index (χ2v) is 4.00. The highest BCUT2D eigenvalue weighted by atomic mass is 16.1. The lowest BCUT2D eigenvalue weighted by Gasteiger charge is -2.04. The van der Waals surface area contributed by atoms with Crippen molar-refractivity contribution >= 4 is 5.78 Å². The zero-order chi connectivity index (χ0) is 10.1. The summed E-state index contributed by atoms with van der Waals surface area (Å²) in [5.74, 6) is 0.241. The Hall–Kier alpha value is -1.15. The molecule has 0 atom stereocenters. The van der Waals surface area contributed by atoms with Gasteiger partial charge in [0.2, 0.25) is 0 Å². The molecule has 2 heteroatoms. The first-order chi connectivity index (χ1) is 6.66. The number of carbonyl (C=O) groups is 1. The number of ketones is 1. The lowest BCUT2D eigenvalue weighted by atomic mass is 10.0. The zero-order valence-corrected chi connectivity index (χ0v) is 8.71. The van der Waals surface area contributed by atoms with Gasteiger partial charge in [0.25, 0.3) is 0 Å². The van der Waals surface area contributed by atoms with Crippen molar-refractivity contribution in [3.05, 3.63) is 34.9 Å². The summed E-state index contributed by atoms with van der Waals surface area (Å²) in [6, 6.07) is 5.93. The van der Waals surface area contributed by atoms with Gasteiger partial charge in [-0.3, -0.25) is 9.69 Å². The van der Waals surface area contributed by atoms with Crippen molar-refractivity contribution in [2.75, 3.05) is 19.6 Å². The van der Waals surface area contributed by atoms with Crippen LogP contribution >= 0.6 is 0 Å². The number of carbonyl (C=O) groups excluding carboxylic acids is 1. The standard InChI is InChI=1S/C12H15NO/c1-9-3-4-11(7-10(9)2)12(14)8-13-5-6-13/h3-4,7H,5-6,8H2,1-2H3. The highest BCUT2D eigenvalue weighted by Gasteiger charge is 2.20. The third-order valence-corrected chi connectivity index (χ3v) is 2.74.